The van der Waals surface area contributed by atoms with Crippen LogP contribution in [0, 0.1) is 11.8 Å². The van der Waals surface area contributed by atoms with Crippen LogP contribution in [-0.4, -0.2) is 124 Å². The quantitative estimate of drug-likeness (QED) is 0.0916. The number of piperazine rings is 1. The van der Waals surface area contributed by atoms with E-state index in [1.54, 1.807) is 49.1 Å². The molecule has 10 atom stereocenters. The van der Waals surface area contributed by atoms with E-state index in [9.17, 15) is 29.4 Å². The number of ether oxygens (including phenoxy) is 5. The van der Waals surface area contributed by atoms with Crippen LogP contribution in [0.1, 0.15) is 101 Å². The predicted molar refractivity (Wildman–Crippen MR) is 199 cm³/mol. The van der Waals surface area contributed by atoms with Gasteiger partial charge in [0.05, 0.1) is 24.2 Å². The fourth-order valence-corrected chi connectivity index (χ4v) is 7.13. The molecule has 3 aliphatic rings. The van der Waals surface area contributed by atoms with Crippen molar-refractivity contribution in [2.75, 3.05) is 26.2 Å². The van der Waals surface area contributed by atoms with Gasteiger partial charge in [-0.3, -0.25) is 19.3 Å². The molecule has 0 aromatic heterocycles. The molecule has 13 heteroatoms. The Bertz CT molecular complexity index is 1350. The minimum absolute atomic E-state index is 0.0196. The second-order valence-corrected chi connectivity index (χ2v) is 15.8. The minimum Gasteiger partial charge on any atom is -0.462 e. The summed E-state index contributed by atoms with van der Waals surface area (Å²) >= 11 is 0. The number of amides is 1. The molecule has 0 aliphatic carbocycles. The van der Waals surface area contributed by atoms with Gasteiger partial charge in [0.2, 0.25) is 0 Å². The standard InChI is InChI=1S/C40H64N2O11/c1-11-32(50-30(8)44)28(6)37-33(51-37)24-39(9,47)17-12-13-26(4)36-27(5)14-15-34(52-38(46)42-21-19-41(20-22-42)25(2)3)40(10,48)18-16-31(49-29(7)43)23-35(45)53-36/h12-15,17,25,27-28,31-34,36-37,47-48H,11,16,18-24H2,1-10H3. The number of hydrogen-bond donors (Lipinski definition) is 2. The lowest BCUT2D eigenvalue weighted by Gasteiger charge is -2.38. The second-order valence-electron chi connectivity index (χ2n) is 15.8. The predicted octanol–water partition coefficient (Wildman–Crippen LogP) is 4.88. The lowest BCUT2D eigenvalue weighted by Crippen LogP contribution is -2.52. The number of esters is 3. The lowest BCUT2D eigenvalue weighted by molar-refractivity contribution is -0.158. The van der Waals surface area contributed by atoms with Gasteiger partial charge in [0.25, 0.3) is 0 Å². The molecule has 13 nitrogen and oxygen atoms in total. The molecule has 10 unspecified atom stereocenters. The number of carbonyl (C=O) groups excluding carboxylic acids is 4. The van der Waals surface area contributed by atoms with Crippen molar-refractivity contribution in [2.45, 2.75) is 155 Å². The number of carbonyl (C=O) groups is 4. The van der Waals surface area contributed by atoms with E-state index in [4.69, 9.17) is 23.7 Å². The van der Waals surface area contributed by atoms with E-state index in [-0.39, 0.29) is 49.5 Å². The fraction of sp³-hybridized carbons (Fsp3) is 0.750. The number of aliphatic hydroxyl groups is 2. The van der Waals surface area contributed by atoms with E-state index in [0.717, 1.165) is 13.1 Å². The van der Waals surface area contributed by atoms with Crippen molar-refractivity contribution >= 4 is 24.0 Å². The summed E-state index contributed by atoms with van der Waals surface area (Å²) in [5.74, 6) is -1.91. The molecule has 1 amide bonds. The molecule has 2 N–H and O–H groups in total. The molecule has 0 bridgehead atoms. The summed E-state index contributed by atoms with van der Waals surface area (Å²) in [6.45, 7) is 20.2. The highest BCUT2D eigenvalue weighted by molar-refractivity contribution is 5.72. The first-order chi connectivity index (χ1) is 24.7. The highest BCUT2D eigenvalue weighted by Crippen LogP contribution is 2.38. The van der Waals surface area contributed by atoms with Crippen molar-refractivity contribution in [1.82, 2.24) is 9.80 Å². The zero-order valence-electron chi connectivity index (χ0n) is 33.4. The summed E-state index contributed by atoms with van der Waals surface area (Å²) in [4.78, 5) is 54.0. The van der Waals surface area contributed by atoms with Gasteiger partial charge >= 0.3 is 24.0 Å². The molecule has 2 saturated heterocycles. The molecule has 0 saturated carbocycles. The molecule has 300 valence electrons. The van der Waals surface area contributed by atoms with Gasteiger partial charge in [-0.15, -0.1) is 0 Å². The Morgan fingerprint density at radius 2 is 1.74 bits per heavy atom. The summed E-state index contributed by atoms with van der Waals surface area (Å²) in [5, 5.41) is 22.8. The molecule has 0 radical (unpaired) electrons. The average Bonchev–Trinajstić information content (AvgIpc) is 3.83. The summed E-state index contributed by atoms with van der Waals surface area (Å²) < 4.78 is 28.7. The van der Waals surface area contributed by atoms with Gasteiger partial charge < -0.3 is 38.8 Å². The molecule has 0 aromatic carbocycles. The van der Waals surface area contributed by atoms with E-state index in [1.807, 2.05) is 27.7 Å². The van der Waals surface area contributed by atoms with Gasteiger partial charge in [-0.25, -0.2) is 4.79 Å². The van der Waals surface area contributed by atoms with Crippen LogP contribution in [0.3, 0.4) is 0 Å². The normalized spacial score (nSPS) is 31.5. The van der Waals surface area contributed by atoms with Crippen LogP contribution in [0.4, 0.5) is 4.79 Å². The molecule has 3 aliphatic heterocycles. The highest BCUT2D eigenvalue weighted by Gasteiger charge is 2.48. The van der Waals surface area contributed by atoms with E-state index in [1.165, 1.54) is 13.8 Å². The maximum absolute atomic E-state index is 13.4. The number of epoxide rings is 1. The Kier molecular flexibility index (Phi) is 16.1. The number of cyclic esters (lactones) is 1. The van der Waals surface area contributed by atoms with Gasteiger partial charge in [-0.1, -0.05) is 45.1 Å². The Balaban J connectivity index is 1.79. The third-order valence-electron chi connectivity index (χ3n) is 10.5. The third-order valence-corrected chi connectivity index (χ3v) is 10.5. The van der Waals surface area contributed by atoms with Gasteiger partial charge in [0.1, 0.15) is 23.9 Å². The minimum atomic E-state index is -1.54. The van der Waals surface area contributed by atoms with E-state index in [0.29, 0.717) is 37.5 Å². The first-order valence-electron chi connectivity index (χ1n) is 19.1. The molecule has 3 rings (SSSR count). The molecule has 2 fully saturated rings. The molecular formula is C40H64N2O11. The summed E-state index contributed by atoms with van der Waals surface area (Å²) in [7, 11) is 0. The Morgan fingerprint density at radius 3 is 2.32 bits per heavy atom. The monoisotopic (exact) mass is 748 g/mol. The zero-order valence-corrected chi connectivity index (χ0v) is 33.4. The number of nitrogens with zero attached hydrogens (tertiary/aromatic N) is 2. The zero-order chi connectivity index (χ0) is 39.7. The van der Waals surface area contributed by atoms with Crippen LogP contribution in [0.5, 0.6) is 0 Å². The first kappa shape index (κ1) is 44.1. The van der Waals surface area contributed by atoms with Crippen LogP contribution in [0.25, 0.3) is 0 Å². The maximum atomic E-state index is 13.4. The largest absolute Gasteiger partial charge is 0.462 e. The van der Waals surface area contributed by atoms with Crippen molar-refractivity contribution in [3.05, 3.63) is 36.0 Å². The molecular weight excluding hydrogens is 684 g/mol. The third kappa shape index (κ3) is 13.8. The fourth-order valence-electron chi connectivity index (χ4n) is 7.13. The maximum Gasteiger partial charge on any atom is 0.410 e. The number of hydrogen-bond acceptors (Lipinski definition) is 12. The SMILES string of the molecule is CCC(OC(C)=O)C(C)C1OC1CC(C)(O)C=CC=C(C)C1OC(=O)CC(OC(C)=O)CCC(C)(O)C(OC(=O)N2CCN(C(C)C)CC2)C=CC1C. The van der Waals surface area contributed by atoms with E-state index < -0.39 is 53.5 Å². The van der Waals surface area contributed by atoms with Gasteiger partial charge in [-0.2, -0.15) is 0 Å². The van der Waals surface area contributed by atoms with Crippen molar-refractivity contribution in [3.8, 4) is 0 Å². The molecule has 0 aromatic rings. The van der Waals surface area contributed by atoms with Crippen LogP contribution in [0.2, 0.25) is 0 Å². The highest BCUT2D eigenvalue weighted by atomic mass is 16.6. The average molecular weight is 749 g/mol. The van der Waals surface area contributed by atoms with Gasteiger partial charge in [0.15, 0.2) is 6.10 Å². The van der Waals surface area contributed by atoms with Crippen LogP contribution in [0.15, 0.2) is 36.0 Å². The Labute approximate surface area is 315 Å². The second kappa shape index (κ2) is 19.4. The van der Waals surface area contributed by atoms with Gasteiger partial charge in [-0.05, 0) is 65.5 Å². The van der Waals surface area contributed by atoms with E-state index >= 15 is 0 Å². The van der Waals surface area contributed by atoms with Gasteiger partial charge in [0, 0.05) is 64.3 Å². The van der Waals surface area contributed by atoms with Crippen molar-refractivity contribution in [1.29, 1.82) is 0 Å². The molecule has 3 heterocycles. The summed E-state index contributed by atoms with van der Waals surface area (Å²) in [6.07, 6.45) is 5.78. The first-order valence-corrected chi connectivity index (χ1v) is 19.1. The van der Waals surface area contributed by atoms with Crippen molar-refractivity contribution in [3.63, 3.8) is 0 Å². The Morgan fingerprint density at radius 1 is 1.08 bits per heavy atom. The van der Waals surface area contributed by atoms with E-state index in [2.05, 4.69) is 18.7 Å². The molecule has 53 heavy (non-hydrogen) atoms. The van der Waals surface area contributed by atoms with Crippen LogP contribution >= 0.6 is 0 Å². The lowest BCUT2D eigenvalue weighted by atomic mass is 9.88. The number of allylic oxidation sites excluding steroid dienone is 2. The molecule has 0 spiro atoms. The topological polar surface area (TPSA) is 165 Å². The van der Waals surface area contributed by atoms with Crippen molar-refractivity contribution < 1.29 is 53.1 Å². The van der Waals surface area contributed by atoms with Crippen LogP contribution < -0.4 is 0 Å². The Hall–Kier alpha value is -3.26. The summed E-state index contributed by atoms with van der Waals surface area (Å²) in [5.41, 5.74) is -2.08. The number of rotatable bonds is 12. The van der Waals surface area contributed by atoms with Crippen LogP contribution in [-0.2, 0) is 38.1 Å². The smallest absolute Gasteiger partial charge is 0.410 e. The van der Waals surface area contributed by atoms with Crippen molar-refractivity contribution in [2.24, 2.45) is 11.8 Å². The summed E-state index contributed by atoms with van der Waals surface area (Å²) in [6, 6.07) is 0.367.